The number of amides is 1. The van der Waals surface area contributed by atoms with E-state index in [1.165, 1.54) is 4.90 Å². The number of pyridine rings is 1. The van der Waals surface area contributed by atoms with Crippen LogP contribution in [0.3, 0.4) is 0 Å². The van der Waals surface area contributed by atoms with Crippen LogP contribution in [0.5, 0.6) is 5.75 Å². The molecule has 1 aliphatic heterocycles. The lowest BCUT2D eigenvalue weighted by Gasteiger charge is -2.25. The first-order valence-electron chi connectivity index (χ1n) is 12.2. The molecule has 1 unspecified atom stereocenters. The lowest BCUT2D eigenvalue weighted by molar-refractivity contribution is -0.140. The first kappa shape index (κ1) is 26.5. The predicted octanol–water partition coefficient (Wildman–Crippen LogP) is 6.90. The van der Waals surface area contributed by atoms with Crippen molar-refractivity contribution < 1.29 is 19.4 Å². The number of halogens is 2. The summed E-state index contributed by atoms with van der Waals surface area (Å²) >= 11 is 12.5. The van der Waals surface area contributed by atoms with E-state index >= 15 is 0 Å². The fourth-order valence-corrected chi connectivity index (χ4v) is 4.94. The van der Waals surface area contributed by atoms with Gasteiger partial charge in [-0.3, -0.25) is 14.6 Å². The lowest BCUT2D eigenvalue weighted by Crippen LogP contribution is -2.29. The Morgan fingerprint density at radius 3 is 2.41 bits per heavy atom. The second kappa shape index (κ2) is 11.3. The van der Waals surface area contributed by atoms with Gasteiger partial charge in [-0.05, 0) is 65.6 Å². The quantitative estimate of drug-likeness (QED) is 0.151. The number of hydrogen-bond donors (Lipinski definition) is 1. The Labute approximate surface area is 236 Å². The maximum Gasteiger partial charge on any atom is 0.295 e. The minimum absolute atomic E-state index is 0.0247. The summed E-state index contributed by atoms with van der Waals surface area (Å²) < 4.78 is 5.91. The number of aromatic nitrogens is 1. The molecule has 2 heterocycles. The Hall–Kier alpha value is -4.13. The van der Waals surface area contributed by atoms with Gasteiger partial charge in [0.2, 0.25) is 0 Å². The number of benzene rings is 3. The number of aryl methyl sites for hydroxylation is 1. The molecule has 0 saturated carbocycles. The molecular weight excluding hydrogens is 535 g/mol. The van der Waals surface area contributed by atoms with Crippen LogP contribution in [0.1, 0.15) is 33.9 Å². The molecular formula is C31H24Cl2N2O4. The molecule has 0 aliphatic carbocycles. The summed E-state index contributed by atoms with van der Waals surface area (Å²) in [5.74, 6) is -1.16. The molecule has 196 valence electrons. The molecule has 1 saturated heterocycles. The van der Waals surface area contributed by atoms with Crippen molar-refractivity contribution in [1.29, 1.82) is 0 Å². The highest BCUT2D eigenvalue weighted by Crippen LogP contribution is 2.42. The number of hydrogen-bond acceptors (Lipinski definition) is 5. The molecule has 0 spiro atoms. The minimum atomic E-state index is -0.881. The molecule has 5 rings (SSSR count). The van der Waals surface area contributed by atoms with Gasteiger partial charge in [0.25, 0.3) is 11.7 Å². The highest BCUT2D eigenvalue weighted by atomic mass is 35.5. The van der Waals surface area contributed by atoms with Gasteiger partial charge in [0.05, 0.1) is 21.7 Å². The van der Waals surface area contributed by atoms with E-state index in [0.29, 0.717) is 34.1 Å². The first-order chi connectivity index (χ1) is 18.8. The van der Waals surface area contributed by atoms with Crippen LogP contribution in [0.15, 0.2) is 96.8 Å². The first-order valence-corrected chi connectivity index (χ1v) is 13.0. The topological polar surface area (TPSA) is 79.7 Å². The number of ketones is 1. The van der Waals surface area contributed by atoms with Gasteiger partial charge in [-0.2, -0.15) is 0 Å². The van der Waals surface area contributed by atoms with Crippen LogP contribution in [-0.4, -0.2) is 26.7 Å². The normalized spacial score (nSPS) is 16.5. The van der Waals surface area contributed by atoms with Crippen LogP contribution < -0.4 is 4.74 Å². The fraction of sp³-hybridized carbons (Fsp3) is 0.129. The second-order valence-corrected chi connectivity index (χ2v) is 10.0. The van der Waals surface area contributed by atoms with Gasteiger partial charge in [0.1, 0.15) is 18.1 Å². The molecule has 0 radical (unpaired) electrons. The molecule has 0 bridgehead atoms. The standard InChI is InChI=1S/C31H24Cl2N2O4/c1-19-14-23(39-18-20-6-3-2-4-7-20)10-11-24(19)29(36)27-28(22-9-12-25(32)26(33)15-22)35(31(38)30(27)37)17-21-8-5-13-34-16-21/h2-16,28,36H,17-18H2,1H3. The second-order valence-electron chi connectivity index (χ2n) is 9.21. The van der Waals surface area contributed by atoms with E-state index in [1.807, 2.05) is 43.3 Å². The van der Waals surface area contributed by atoms with E-state index in [-0.39, 0.29) is 22.9 Å². The molecule has 1 amide bonds. The number of nitrogens with zero attached hydrogens (tertiary/aromatic N) is 2. The summed E-state index contributed by atoms with van der Waals surface area (Å²) in [7, 11) is 0. The van der Waals surface area contributed by atoms with E-state index in [4.69, 9.17) is 27.9 Å². The monoisotopic (exact) mass is 558 g/mol. The number of likely N-dealkylation sites (tertiary alicyclic amines) is 1. The SMILES string of the molecule is Cc1cc(OCc2ccccc2)ccc1C(O)=C1C(=O)C(=O)N(Cc2cccnc2)C1c1ccc(Cl)c(Cl)c1. The third-order valence-corrected chi connectivity index (χ3v) is 7.32. The summed E-state index contributed by atoms with van der Waals surface area (Å²) in [6.07, 6.45) is 3.26. The number of aliphatic hydroxyl groups is 1. The van der Waals surface area contributed by atoms with Crippen LogP contribution >= 0.6 is 23.2 Å². The van der Waals surface area contributed by atoms with Gasteiger partial charge in [0, 0.05) is 24.5 Å². The smallest absolute Gasteiger partial charge is 0.295 e. The van der Waals surface area contributed by atoms with E-state index in [1.54, 1.807) is 54.9 Å². The maximum atomic E-state index is 13.4. The zero-order chi connectivity index (χ0) is 27.5. The van der Waals surface area contributed by atoms with Gasteiger partial charge in [-0.15, -0.1) is 0 Å². The van der Waals surface area contributed by atoms with E-state index in [9.17, 15) is 14.7 Å². The molecule has 3 aromatic carbocycles. The van der Waals surface area contributed by atoms with Gasteiger partial charge >= 0.3 is 0 Å². The van der Waals surface area contributed by atoms with Crippen molar-refractivity contribution in [3.8, 4) is 5.75 Å². The van der Waals surface area contributed by atoms with Crippen LogP contribution in [0, 0.1) is 6.92 Å². The van der Waals surface area contributed by atoms with E-state index in [2.05, 4.69) is 4.98 Å². The zero-order valence-electron chi connectivity index (χ0n) is 21.0. The van der Waals surface area contributed by atoms with E-state index < -0.39 is 17.7 Å². The van der Waals surface area contributed by atoms with Crippen molar-refractivity contribution in [1.82, 2.24) is 9.88 Å². The zero-order valence-corrected chi connectivity index (χ0v) is 22.5. The Balaban J connectivity index is 1.54. The molecule has 4 aromatic rings. The maximum absolute atomic E-state index is 13.4. The minimum Gasteiger partial charge on any atom is -0.507 e. The molecule has 1 atom stereocenters. The molecule has 1 aliphatic rings. The Kier molecular flexibility index (Phi) is 7.68. The van der Waals surface area contributed by atoms with Crippen molar-refractivity contribution in [2.45, 2.75) is 26.1 Å². The van der Waals surface area contributed by atoms with Crippen molar-refractivity contribution in [3.63, 3.8) is 0 Å². The summed E-state index contributed by atoms with van der Waals surface area (Å²) in [6, 6.07) is 22.6. The fourth-order valence-electron chi connectivity index (χ4n) is 4.64. The average Bonchev–Trinajstić information content (AvgIpc) is 3.19. The van der Waals surface area contributed by atoms with Crippen molar-refractivity contribution in [2.24, 2.45) is 0 Å². The highest BCUT2D eigenvalue weighted by Gasteiger charge is 2.46. The number of carbonyl (C=O) groups excluding carboxylic acids is 2. The summed E-state index contributed by atoms with van der Waals surface area (Å²) in [5, 5.41) is 12.1. The summed E-state index contributed by atoms with van der Waals surface area (Å²) in [4.78, 5) is 32.2. The molecule has 1 aromatic heterocycles. The molecule has 8 heteroatoms. The van der Waals surface area contributed by atoms with Gasteiger partial charge < -0.3 is 14.7 Å². The lowest BCUT2D eigenvalue weighted by atomic mass is 9.93. The third-order valence-electron chi connectivity index (χ3n) is 6.58. The summed E-state index contributed by atoms with van der Waals surface area (Å²) in [5.41, 5.74) is 3.40. The van der Waals surface area contributed by atoms with Crippen LogP contribution in [-0.2, 0) is 22.7 Å². The van der Waals surface area contributed by atoms with Crippen molar-refractivity contribution in [2.75, 3.05) is 0 Å². The number of rotatable bonds is 7. The van der Waals surface area contributed by atoms with Crippen molar-refractivity contribution >= 4 is 40.7 Å². The number of aliphatic hydroxyl groups excluding tert-OH is 1. The predicted molar refractivity (Wildman–Crippen MR) is 150 cm³/mol. The number of carbonyl (C=O) groups is 2. The largest absolute Gasteiger partial charge is 0.507 e. The van der Waals surface area contributed by atoms with Gasteiger partial charge in [0.15, 0.2) is 0 Å². The Morgan fingerprint density at radius 1 is 0.949 bits per heavy atom. The van der Waals surface area contributed by atoms with Crippen LogP contribution in [0.25, 0.3) is 5.76 Å². The molecule has 1 N–H and O–H groups in total. The number of Topliss-reactive ketones (excluding diaryl/α,β-unsaturated/α-hetero) is 1. The summed E-state index contributed by atoms with van der Waals surface area (Å²) in [6.45, 7) is 2.32. The molecule has 6 nitrogen and oxygen atoms in total. The average molecular weight is 559 g/mol. The molecule has 1 fully saturated rings. The van der Waals surface area contributed by atoms with Crippen LogP contribution in [0.4, 0.5) is 0 Å². The van der Waals surface area contributed by atoms with Crippen molar-refractivity contribution in [3.05, 3.63) is 135 Å². The highest BCUT2D eigenvalue weighted by molar-refractivity contribution is 6.46. The Bertz CT molecular complexity index is 1570. The third kappa shape index (κ3) is 5.53. The Morgan fingerprint density at radius 2 is 1.72 bits per heavy atom. The van der Waals surface area contributed by atoms with E-state index in [0.717, 1.165) is 11.1 Å². The van der Waals surface area contributed by atoms with Crippen LogP contribution in [0.2, 0.25) is 10.0 Å². The molecule has 39 heavy (non-hydrogen) atoms. The van der Waals surface area contributed by atoms with Gasteiger partial charge in [-0.25, -0.2) is 0 Å². The number of ether oxygens (including phenoxy) is 1. The van der Waals surface area contributed by atoms with Gasteiger partial charge in [-0.1, -0.05) is 65.7 Å².